The van der Waals surface area contributed by atoms with E-state index < -0.39 is 28.5 Å². The smallest absolute Gasteiger partial charge is 0.392 e. The van der Waals surface area contributed by atoms with Crippen molar-refractivity contribution in [3.8, 4) is 0 Å². The predicted octanol–water partition coefficient (Wildman–Crippen LogP) is 2.41. The fourth-order valence-corrected chi connectivity index (χ4v) is 1.25. The largest absolute Gasteiger partial charge is 0.416 e. The Kier molecular flexibility index (Phi) is 4.12. The Morgan fingerprint density at radius 2 is 2.06 bits per heavy atom. The van der Waals surface area contributed by atoms with Gasteiger partial charge in [-0.15, -0.1) is 0 Å². The van der Waals surface area contributed by atoms with Crippen molar-refractivity contribution in [2.45, 2.75) is 19.2 Å². The maximum atomic E-state index is 12.5. The molecule has 2 N–H and O–H groups in total. The van der Waals surface area contributed by atoms with Gasteiger partial charge >= 0.3 is 6.18 Å². The Morgan fingerprint density at radius 1 is 1.44 bits per heavy atom. The number of nitrogens with zero attached hydrogens (tertiary/aromatic N) is 1. The molecule has 0 amide bonds. The number of halogens is 3. The monoisotopic (exact) mass is 264 g/mol. The summed E-state index contributed by atoms with van der Waals surface area (Å²) < 4.78 is 37.5. The highest BCUT2D eigenvalue weighted by Gasteiger charge is 2.32. The van der Waals surface area contributed by atoms with Crippen molar-refractivity contribution in [2.75, 3.05) is 11.9 Å². The van der Waals surface area contributed by atoms with E-state index >= 15 is 0 Å². The number of non-ortho nitro benzene ring substituents is 1. The zero-order chi connectivity index (χ0) is 13.9. The molecule has 1 unspecified atom stereocenters. The standard InChI is InChI=1S/C10H11F3N2O3/c1-6(16)5-14-8-2-7(10(11,12)13)3-9(4-8)15(17)18/h2-4,6,14,16H,5H2,1H3. The van der Waals surface area contributed by atoms with Gasteiger partial charge in [0.2, 0.25) is 0 Å². The molecule has 0 saturated carbocycles. The number of aliphatic hydroxyl groups excluding tert-OH is 1. The average Bonchev–Trinajstić information content (AvgIpc) is 2.24. The lowest BCUT2D eigenvalue weighted by Crippen LogP contribution is -2.16. The minimum atomic E-state index is -4.66. The van der Waals surface area contributed by atoms with Crippen molar-refractivity contribution in [1.82, 2.24) is 0 Å². The van der Waals surface area contributed by atoms with Crippen molar-refractivity contribution in [1.29, 1.82) is 0 Å². The predicted molar refractivity (Wildman–Crippen MR) is 58.3 cm³/mol. The van der Waals surface area contributed by atoms with E-state index in [0.29, 0.717) is 6.07 Å². The van der Waals surface area contributed by atoms with Crippen LogP contribution in [0.3, 0.4) is 0 Å². The van der Waals surface area contributed by atoms with E-state index in [9.17, 15) is 23.3 Å². The first-order valence-electron chi connectivity index (χ1n) is 4.99. The maximum Gasteiger partial charge on any atom is 0.416 e. The second-order valence-electron chi connectivity index (χ2n) is 3.75. The van der Waals surface area contributed by atoms with Gasteiger partial charge in [-0.05, 0) is 13.0 Å². The summed E-state index contributed by atoms with van der Waals surface area (Å²) in [5, 5.41) is 22.0. The van der Waals surface area contributed by atoms with E-state index in [1.165, 1.54) is 6.92 Å². The van der Waals surface area contributed by atoms with Crippen LogP contribution in [0.2, 0.25) is 0 Å². The second-order valence-corrected chi connectivity index (χ2v) is 3.75. The summed E-state index contributed by atoms with van der Waals surface area (Å²) in [5.41, 5.74) is -1.82. The zero-order valence-corrected chi connectivity index (χ0v) is 9.36. The molecule has 0 aliphatic rings. The quantitative estimate of drug-likeness (QED) is 0.646. The number of aliphatic hydroxyl groups is 1. The summed E-state index contributed by atoms with van der Waals surface area (Å²) in [5.74, 6) is 0. The van der Waals surface area contributed by atoms with Crippen molar-refractivity contribution in [2.24, 2.45) is 0 Å². The molecule has 100 valence electrons. The van der Waals surface area contributed by atoms with Gasteiger partial charge in [0.1, 0.15) is 0 Å². The third kappa shape index (κ3) is 3.88. The minimum absolute atomic E-state index is 0.00152. The molecule has 0 radical (unpaired) electrons. The third-order valence-electron chi connectivity index (χ3n) is 2.06. The van der Waals surface area contributed by atoms with E-state index in [1.54, 1.807) is 0 Å². The van der Waals surface area contributed by atoms with Crippen LogP contribution in [-0.4, -0.2) is 22.7 Å². The van der Waals surface area contributed by atoms with Gasteiger partial charge in [0.15, 0.2) is 0 Å². The number of anilines is 1. The van der Waals surface area contributed by atoms with Crippen molar-refractivity contribution in [3.05, 3.63) is 33.9 Å². The second kappa shape index (κ2) is 5.21. The van der Waals surface area contributed by atoms with Crippen molar-refractivity contribution < 1.29 is 23.2 Å². The number of hydrogen-bond donors (Lipinski definition) is 2. The Labute approximate surface area is 100 Å². The molecule has 1 aromatic rings. The zero-order valence-electron chi connectivity index (χ0n) is 9.36. The highest BCUT2D eigenvalue weighted by molar-refractivity contribution is 5.54. The van der Waals surface area contributed by atoms with E-state index in [2.05, 4.69) is 5.32 Å². The lowest BCUT2D eigenvalue weighted by molar-refractivity contribution is -0.385. The Bertz CT molecular complexity index is 446. The Hall–Kier alpha value is -1.83. The van der Waals surface area contributed by atoms with Gasteiger partial charge in [-0.2, -0.15) is 13.2 Å². The number of benzene rings is 1. The molecule has 5 nitrogen and oxygen atoms in total. The number of alkyl halides is 3. The Morgan fingerprint density at radius 3 is 2.50 bits per heavy atom. The molecule has 1 atom stereocenters. The van der Waals surface area contributed by atoms with Crippen LogP contribution in [0.4, 0.5) is 24.5 Å². The molecular formula is C10H11F3N2O3. The van der Waals surface area contributed by atoms with E-state index in [1.807, 2.05) is 0 Å². The third-order valence-corrected chi connectivity index (χ3v) is 2.06. The molecule has 0 heterocycles. The maximum absolute atomic E-state index is 12.5. The molecule has 0 bridgehead atoms. The van der Waals surface area contributed by atoms with Gasteiger partial charge < -0.3 is 10.4 Å². The summed E-state index contributed by atoms with van der Waals surface area (Å²) in [7, 11) is 0. The summed E-state index contributed by atoms with van der Waals surface area (Å²) in [6.45, 7) is 1.44. The van der Waals surface area contributed by atoms with Crippen LogP contribution in [0.5, 0.6) is 0 Å². The lowest BCUT2D eigenvalue weighted by Gasteiger charge is -2.11. The first-order chi connectivity index (χ1) is 8.20. The number of hydrogen-bond acceptors (Lipinski definition) is 4. The first-order valence-corrected chi connectivity index (χ1v) is 4.99. The number of nitro benzene ring substituents is 1. The number of nitrogens with one attached hydrogen (secondary N) is 1. The molecule has 1 rings (SSSR count). The number of rotatable bonds is 4. The van der Waals surface area contributed by atoms with E-state index in [0.717, 1.165) is 12.1 Å². The highest BCUT2D eigenvalue weighted by Crippen LogP contribution is 2.33. The first kappa shape index (κ1) is 14.2. The molecule has 8 heteroatoms. The van der Waals surface area contributed by atoms with Crippen LogP contribution >= 0.6 is 0 Å². The summed E-state index contributed by atoms with van der Waals surface area (Å²) in [6, 6.07) is 2.21. The van der Waals surface area contributed by atoms with Crippen molar-refractivity contribution in [3.63, 3.8) is 0 Å². The molecule has 18 heavy (non-hydrogen) atoms. The molecule has 0 fully saturated rings. The van der Waals surface area contributed by atoms with Crippen LogP contribution in [-0.2, 0) is 6.18 Å². The van der Waals surface area contributed by atoms with Crippen LogP contribution in [0, 0.1) is 10.1 Å². The van der Waals surface area contributed by atoms with Crippen LogP contribution in [0.25, 0.3) is 0 Å². The summed E-state index contributed by atoms with van der Waals surface area (Å²) in [4.78, 5) is 9.63. The number of nitro groups is 1. The Balaban J connectivity index is 3.10. The summed E-state index contributed by atoms with van der Waals surface area (Å²) in [6.07, 6.45) is -5.44. The van der Waals surface area contributed by atoms with Crippen LogP contribution in [0.15, 0.2) is 18.2 Å². The molecule has 0 aliphatic carbocycles. The summed E-state index contributed by atoms with van der Waals surface area (Å²) >= 11 is 0. The SMILES string of the molecule is CC(O)CNc1cc([N+](=O)[O-])cc(C(F)(F)F)c1. The van der Waals surface area contributed by atoms with Gasteiger partial charge in [-0.1, -0.05) is 0 Å². The van der Waals surface area contributed by atoms with Crippen LogP contribution < -0.4 is 5.32 Å². The van der Waals surface area contributed by atoms with Gasteiger partial charge in [0.25, 0.3) is 5.69 Å². The average molecular weight is 264 g/mol. The lowest BCUT2D eigenvalue weighted by atomic mass is 10.1. The molecule has 0 aliphatic heterocycles. The fourth-order valence-electron chi connectivity index (χ4n) is 1.25. The molecule has 0 saturated heterocycles. The van der Waals surface area contributed by atoms with Gasteiger partial charge in [0, 0.05) is 24.4 Å². The van der Waals surface area contributed by atoms with E-state index in [4.69, 9.17) is 5.11 Å². The highest BCUT2D eigenvalue weighted by atomic mass is 19.4. The molecular weight excluding hydrogens is 253 g/mol. The molecule has 0 spiro atoms. The van der Waals surface area contributed by atoms with Gasteiger partial charge in [-0.3, -0.25) is 10.1 Å². The van der Waals surface area contributed by atoms with Crippen LogP contribution in [0.1, 0.15) is 12.5 Å². The van der Waals surface area contributed by atoms with Gasteiger partial charge in [0.05, 0.1) is 16.6 Å². The minimum Gasteiger partial charge on any atom is -0.392 e. The van der Waals surface area contributed by atoms with E-state index in [-0.39, 0.29) is 12.2 Å². The molecule has 0 aromatic heterocycles. The molecule has 1 aromatic carbocycles. The topological polar surface area (TPSA) is 75.4 Å². The van der Waals surface area contributed by atoms with Gasteiger partial charge in [-0.25, -0.2) is 0 Å². The normalized spacial score (nSPS) is 13.2. The van der Waals surface area contributed by atoms with Crippen molar-refractivity contribution >= 4 is 11.4 Å². The fraction of sp³-hybridized carbons (Fsp3) is 0.400.